The second-order valence-corrected chi connectivity index (χ2v) is 6.36. The smallest absolute Gasteiger partial charge is 0.328 e. The summed E-state index contributed by atoms with van der Waals surface area (Å²) in [6, 6.07) is 6.48. The van der Waals surface area contributed by atoms with Gasteiger partial charge in [0.25, 0.3) is 0 Å². The summed E-state index contributed by atoms with van der Waals surface area (Å²) >= 11 is 1.52. The lowest BCUT2D eigenvalue weighted by Crippen LogP contribution is -2.17. The number of H-pyrrole nitrogens is 1. The minimum absolute atomic E-state index is 0.148. The Morgan fingerprint density at radius 3 is 2.86 bits per heavy atom. The molecule has 114 valence electrons. The van der Waals surface area contributed by atoms with Crippen LogP contribution in [-0.2, 0) is 13.0 Å². The topological polar surface area (TPSA) is 76.7 Å². The molecule has 1 aromatic heterocycles. The fourth-order valence-corrected chi connectivity index (χ4v) is 3.15. The highest BCUT2D eigenvalue weighted by Crippen LogP contribution is 2.29. The van der Waals surface area contributed by atoms with Crippen LogP contribution < -0.4 is 11.4 Å². The molecule has 0 saturated carbocycles. The Kier molecular flexibility index (Phi) is 5.25. The first-order valence-corrected chi connectivity index (χ1v) is 8.01. The van der Waals surface area contributed by atoms with E-state index in [0.717, 1.165) is 17.7 Å². The van der Waals surface area contributed by atoms with Crippen molar-refractivity contribution >= 4 is 11.8 Å². The second kappa shape index (κ2) is 6.95. The Balaban J connectivity index is 2.22. The third kappa shape index (κ3) is 3.98. The van der Waals surface area contributed by atoms with Gasteiger partial charge in [0.05, 0.1) is 0 Å². The van der Waals surface area contributed by atoms with Gasteiger partial charge in [0, 0.05) is 17.5 Å². The van der Waals surface area contributed by atoms with E-state index >= 15 is 0 Å². The Morgan fingerprint density at radius 2 is 2.24 bits per heavy atom. The number of nitrogens with one attached hydrogen (secondary N) is 1. The lowest BCUT2D eigenvalue weighted by Gasteiger charge is -2.10. The Hall–Kier alpha value is -1.53. The molecule has 0 aliphatic carbocycles. The Labute approximate surface area is 128 Å². The third-order valence-electron chi connectivity index (χ3n) is 3.17. The van der Waals surface area contributed by atoms with Crippen LogP contribution in [0.25, 0.3) is 0 Å². The fourth-order valence-electron chi connectivity index (χ4n) is 2.23. The zero-order valence-electron chi connectivity index (χ0n) is 12.7. The average Bonchev–Trinajstić information content (AvgIpc) is 2.74. The maximum atomic E-state index is 11.7. The molecule has 21 heavy (non-hydrogen) atoms. The largest absolute Gasteiger partial charge is 0.343 e. The van der Waals surface area contributed by atoms with Gasteiger partial charge in [0.1, 0.15) is 0 Å². The lowest BCUT2D eigenvalue weighted by atomic mass is 10.1. The van der Waals surface area contributed by atoms with Gasteiger partial charge in [-0.25, -0.2) is 9.89 Å². The van der Waals surface area contributed by atoms with Crippen molar-refractivity contribution in [3.05, 3.63) is 39.8 Å². The number of rotatable bonds is 6. The molecule has 0 spiro atoms. The number of aromatic amines is 1. The summed E-state index contributed by atoms with van der Waals surface area (Å²) in [5, 5.41) is 7.34. The predicted molar refractivity (Wildman–Crippen MR) is 85.8 cm³/mol. The van der Waals surface area contributed by atoms with Gasteiger partial charge < -0.3 is 5.73 Å². The number of nitrogens with zero attached hydrogens (tertiary/aromatic N) is 2. The number of aromatic nitrogens is 3. The maximum Gasteiger partial charge on any atom is 0.343 e. The van der Waals surface area contributed by atoms with Gasteiger partial charge in [-0.15, -0.1) is 5.10 Å². The van der Waals surface area contributed by atoms with Crippen LogP contribution in [-0.4, -0.2) is 20.8 Å². The SMILES string of the molecule is CCCn1c(Sc2ccc(CC(C)N)cc2C)n[nH]c1=O. The molecule has 5 nitrogen and oxygen atoms in total. The van der Waals surface area contributed by atoms with E-state index in [1.807, 2.05) is 13.8 Å². The number of hydrogen-bond acceptors (Lipinski definition) is 4. The Bertz CT molecular complexity index is 660. The van der Waals surface area contributed by atoms with E-state index in [4.69, 9.17) is 5.73 Å². The normalized spacial score (nSPS) is 12.6. The Morgan fingerprint density at radius 1 is 1.48 bits per heavy atom. The van der Waals surface area contributed by atoms with Crippen LogP contribution in [0.3, 0.4) is 0 Å². The molecule has 0 saturated heterocycles. The number of aryl methyl sites for hydroxylation is 1. The molecule has 1 unspecified atom stereocenters. The first-order valence-electron chi connectivity index (χ1n) is 7.19. The van der Waals surface area contributed by atoms with Crippen LogP contribution in [0.5, 0.6) is 0 Å². The summed E-state index contributed by atoms with van der Waals surface area (Å²) in [7, 11) is 0. The maximum absolute atomic E-state index is 11.7. The highest BCUT2D eigenvalue weighted by atomic mass is 32.2. The zero-order chi connectivity index (χ0) is 15.4. The van der Waals surface area contributed by atoms with Gasteiger partial charge in [0.15, 0.2) is 5.16 Å². The van der Waals surface area contributed by atoms with Crippen molar-refractivity contribution < 1.29 is 0 Å². The van der Waals surface area contributed by atoms with Gasteiger partial charge in [0.2, 0.25) is 0 Å². The number of hydrogen-bond donors (Lipinski definition) is 2. The molecule has 1 heterocycles. The molecule has 0 fully saturated rings. The summed E-state index contributed by atoms with van der Waals surface area (Å²) in [5.74, 6) is 0. The molecule has 2 rings (SSSR count). The van der Waals surface area contributed by atoms with Crippen molar-refractivity contribution in [1.29, 1.82) is 0 Å². The summed E-state index contributed by atoms with van der Waals surface area (Å²) in [4.78, 5) is 12.8. The molecular formula is C15H22N4OS. The standard InChI is InChI=1S/C15H22N4OS/c1-4-7-19-14(20)17-18-15(19)21-13-6-5-12(8-10(13)2)9-11(3)16/h5-6,8,11H,4,7,9,16H2,1-3H3,(H,17,20). The summed E-state index contributed by atoms with van der Waals surface area (Å²) < 4.78 is 1.68. The van der Waals surface area contributed by atoms with Crippen molar-refractivity contribution in [2.45, 2.75) is 56.3 Å². The van der Waals surface area contributed by atoms with Gasteiger partial charge in [-0.3, -0.25) is 4.57 Å². The fraction of sp³-hybridized carbons (Fsp3) is 0.467. The molecule has 6 heteroatoms. The van der Waals surface area contributed by atoms with Crippen molar-refractivity contribution in [2.75, 3.05) is 0 Å². The molecule has 0 amide bonds. The van der Waals surface area contributed by atoms with Crippen LogP contribution in [0.15, 0.2) is 33.0 Å². The third-order valence-corrected chi connectivity index (χ3v) is 4.34. The zero-order valence-corrected chi connectivity index (χ0v) is 13.5. The number of nitrogens with two attached hydrogens (primary N) is 1. The highest BCUT2D eigenvalue weighted by molar-refractivity contribution is 7.99. The van der Waals surface area contributed by atoms with Crippen molar-refractivity contribution in [3.63, 3.8) is 0 Å². The first kappa shape index (κ1) is 15.9. The lowest BCUT2D eigenvalue weighted by molar-refractivity contribution is 0.604. The van der Waals surface area contributed by atoms with Crippen molar-refractivity contribution in [3.8, 4) is 0 Å². The van der Waals surface area contributed by atoms with Crippen LogP contribution in [0.1, 0.15) is 31.4 Å². The molecule has 1 aromatic carbocycles. The van der Waals surface area contributed by atoms with Gasteiger partial charge in [-0.2, -0.15) is 0 Å². The minimum Gasteiger partial charge on any atom is -0.328 e. The van der Waals surface area contributed by atoms with E-state index < -0.39 is 0 Å². The van der Waals surface area contributed by atoms with E-state index in [1.165, 1.54) is 22.9 Å². The highest BCUT2D eigenvalue weighted by Gasteiger charge is 2.11. The monoisotopic (exact) mass is 306 g/mol. The summed E-state index contributed by atoms with van der Waals surface area (Å²) in [5.41, 5.74) is 8.10. The van der Waals surface area contributed by atoms with E-state index in [0.29, 0.717) is 11.7 Å². The predicted octanol–water partition coefficient (Wildman–Crippen LogP) is 2.33. The molecule has 3 N–H and O–H groups in total. The second-order valence-electron chi connectivity index (χ2n) is 5.35. The summed E-state index contributed by atoms with van der Waals surface area (Å²) in [6.45, 7) is 6.80. The van der Waals surface area contributed by atoms with E-state index in [9.17, 15) is 4.79 Å². The summed E-state index contributed by atoms with van der Waals surface area (Å²) in [6.07, 6.45) is 1.77. The van der Waals surface area contributed by atoms with E-state index in [-0.39, 0.29) is 11.7 Å². The van der Waals surface area contributed by atoms with Crippen molar-refractivity contribution in [1.82, 2.24) is 14.8 Å². The molecule has 0 aliphatic rings. The van der Waals surface area contributed by atoms with Crippen molar-refractivity contribution in [2.24, 2.45) is 5.73 Å². The first-order chi connectivity index (χ1) is 10.0. The van der Waals surface area contributed by atoms with Gasteiger partial charge >= 0.3 is 5.69 Å². The van der Waals surface area contributed by atoms with Crippen LogP contribution in [0.2, 0.25) is 0 Å². The number of benzene rings is 1. The van der Waals surface area contributed by atoms with Gasteiger partial charge in [-0.05, 0) is 55.6 Å². The van der Waals surface area contributed by atoms with E-state index in [2.05, 4.69) is 35.3 Å². The van der Waals surface area contributed by atoms with Crippen LogP contribution in [0, 0.1) is 6.92 Å². The molecule has 0 radical (unpaired) electrons. The molecule has 0 bridgehead atoms. The molecular weight excluding hydrogens is 284 g/mol. The average molecular weight is 306 g/mol. The molecule has 1 atom stereocenters. The van der Waals surface area contributed by atoms with Gasteiger partial charge in [-0.1, -0.05) is 19.1 Å². The molecule has 0 aliphatic heterocycles. The minimum atomic E-state index is -0.148. The molecule has 2 aromatic rings. The van der Waals surface area contributed by atoms with E-state index in [1.54, 1.807) is 4.57 Å². The van der Waals surface area contributed by atoms with Crippen LogP contribution in [0.4, 0.5) is 0 Å². The van der Waals surface area contributed by atoms with Crippen LogP contribution >= 0.6 is 11.8 Å². The quantitative estimate of drug-likeness (QED) is 0.859.